The van der Waals surface area contributed by atoms with Crippen molar-refractivity contribution in [3.63, 3.8) is 0 Å². The highest BCUT2D eigenvalue weighted by Crippen LogP contribution is 2.38. The third kappa shape index (κ3) is 6.53. The fourth-order valence-electron chi connectivity index (χ4n) is 2.68. The quantitative estimate of drug-likeness (QED) is 0.443. The topological polar surface area (TPSA) is 114 Å². The fourth-order valence-corrected chi connectivity index (χ4v) is 3.85. The van der Waals surface area contributed by atoms with Crippen LogP contribution in [-0.2, 0) is 0 Å². The lowest BCUT2D eigenvalue weighted by Crippen LogP contribution is -2.38. The summed E-state index contributed by atoms with van der Waals surface area (Å²) in [6.45, 7) is 5.22. The lowest BCUT2D eigenvalue weighted by molar-refractivity contribution is 0.129. The number of rotatable bonds is 8. The van der Waals surface area contributed by atoms with Crippen LogP contribution in [0, 0.1) is 17.1 Å². The summed E-state index contributed by atoms with van der Waals surface area (Å²) in [6, 6.07) is 9.19. The summed E-state index contributed by atoms with van der Waals surface area (Å²) in [7, 11) is 0. The summed E-state index contributed by atoms with van der Waals surface area (Å²) in [4.78, 5) is 0. The van der Waals surface area contributed by atoms with Crippen molar-refractivity contribution in [2.45, 2.75) is 39.0 Å². The molecule has 0 bridgehead atoms. The molecule has 0 aliphatic heterocycles. The third-order valence-corrected chi connectivity index (χ3v) is 5.76. The van der Waals surface area contributed by atoms with E-state index in [2.05, 4.69) is 16.3 Å². The van der Waals surface area contributed by atoms with Crippen LogP contribution in [-0.4, -0.2) is 40.2 Å². The van der Waals surface area contributed by atoms with Crippen LogP contribution in [0.3, 0.4) is 0 Å². The number of benzene rings is 2. The van der Waals surface area contributed by atoms with Gasteiger partial charge in [0.2, 0.25) is 0 Å². The molecule has 33 heavy (non-hydrogen) atoms. The molecule has 3 aromatic rings. The Labute approximate surface area is 206 Å². The standard InChI is InChI=1S/C22H22ClFN4O3S.ClH/c1-11(2)31-19-5-4-13(6-14(19)9-25)21-27-28-22(32-21)15-7-17(24)20(8-16(15)23)30-10-18(26)12(3)29;/h4-8,11-12,18,29H,10,26H2,1-3H3;1H/t12-,18+;/m1./s1. The molecule has 1 heterocycles. The molecule has 0 aliphatic rings. The maximum absolute atomic E-state index is 14.6. The van der Waals surface area contributed by atoms with Gasteiger partial charge in [0, 0.05) is 17.2 Å². The summed E-state index contributed by atoms with van der Waals surface area (Å²) in [5.41, 5.74) is 7.14. The average molecular weight is 513 g/mol. The van der Waals surface area contributed by atoms with Crippen LogP contribution in [0.15, 0.2) is 30.3 Å². The smallest absolute Gasteiger partial charge is 0.165 e. The van der Waals surface area contributed by atoms with E-state index >= 15 is 0 Å². The van der Waals surface area contributed by atoms with Crippen molar-refractivity contribution in [1.82, 2.24) is 10.2 Å². The van der Waals surface area contributed by atoms with Crippen molar-refractivity contribution in [2.24, 2.45) is 5.73 Å². The molecule has 0 spiro atoms. The molecular formula is C22H23Cl2FN4O3S. The second kappa shape index (κ2) is 11.6. The maximum Gasteiger partial charge on any atom is 0.165 e. The molecule has 0 saturated heterocycles. The molecule has 0 unspecified atom stereocenters. The zero-order valence-corrected chi connectivity index (χ0v) is 20.5. The second-order valence-corrected chi connectivity index (χ2v) is 8.76. The Morgan fingerprint density at radius 2 is 1.88 bits per heavy atom. The Kier molecular flexibility index (Phi) is 9.40. The van der Waals surface area contributed by atoms with Crippen LogP contribution >= 0.6 is 35.3 Å². The number of ether oxygens (including phenoxy) is 2. The van der Waals surface area contributed by atoms with E-state index in [1.807, 2.05) is 13.8 Å². The Hall–Kier alpha value is -2.48. The van der Waals surface area contributed by atoms with Crippen molar-refractivity contribution < 1.29 is 19.0 Å². The van der Waals surface area contributed by atoms with Crippen molar-refractivity contribution in [3.8, 4) is 38.7 Å². The van der Waals surface area contributed by atoms with Crippen molar-refractivity contribution in [3.05, 3.63) is 46.7 Å². The first kappa shape index (κ1) is 26.8. The number of aromatic nitrogens is 2. The fraction of sp³-hybridized carbons (Fsp3) is 0.318. The first-order chi connectivity index (χ1) is 15.2. The number of aliphatic hydroxyl groups is 1. The highest BCUT2D eigenvalue weighted by molar-refractivity contribution is 7.18. The molecule has 1 aromatic heterocycles. The molecule has 0 fully saturated rings. The molecule has 3 N–H and O–H groups in total. The van der Waals surface area contributed by atoms with E-state index in [4.69, 9.17) is 26.8 Å². The molecule has 176 valence electrons. The zero-order chi connectivity index (χ0) is 23.4. The molecule has 2 aromatic carbocycles. The number of hydrogen-bond acceptors (Lipinski definition) is 8. The summed E-state index contributed by atoms with van der Waals surface area (Å²) in [6.07, 6.45) is -0.854. The highest BCUT2D eigenvalue weighted by atomic mass is 35.5. The number of nitriles is 1. The van der Waals surface area contributed by atoms with E-state index in [1.165, 1.54) is 30.4 Å². The number of nitrogens with zero attached hydrogens (tertiary/aromatic N) is 3. The van der Waals surface area contributed by atoms with Gasteiger partial charge in [0.1, 0.15) is 28.4 Å². The minimum absolute atomic E-state index is 0. The molecular weight excluding hydrogens is 490 g/mol. The van der Waals surface area contributed by atoms with Crippen LogP contribution in [0.2, 0.25) is 5.02 Å². The van der Waals surface area contributed by atoms with E-state index in [9.17, 15) is 14.8 Å². The number of hydrogen-bond donors (Lipinski definition) is 2. The minimum Gasteiger partial charge on any atom is -0.490 e. The van der Waals surface area contributed by atoms with Gasteiger partial charge in [0.05, 0.1) is 28.8 Å². The maximum atomic E-state index is 14.6. The van der Waals surface area contributed by atoms with Gasteiger partial charge >= 0.3 is 0 Å². The van der Waals surface area contributed by atoms with Gasteiger partial charge in [-0.05, 0) is 45.0 Å². The predicted molar refractivity (Wildman–Crippen MR) is 129 cm³/mol. The van der Waals surface area contributed by atoms with Gasteiger partial charge in [-0.15, -0.1) is 22.6 Å². The average Bonchev–Trinajstić information content (AvgIpc) is 3.23. The number of nitrogens with two attached hydrogens (primary N) is 1. The van der Waals surface area contributed by atoms with Crippen LogP contribution in [0.25, 0.3) is 21.1 Å². The Morgan fingerprint density at radius 1 is 1.18 bits per heavy atom. The van der Waals surface area contributed by atoms with Crippen molar-refractivity contribution >= 4 is 35.3 Å². The van der Waals surface area contributed by atoms with Gasteiger partial charge in [0.25, 0.3) is 0 Å². The van der Waals surface area contributed by atoms with Gasteiger partial charge in [-0.25, -0.2) is 4.39 Å². The van der Waals surface area contributed by atoms with E-state index < -0.39 is 18.0 Å². The normalized spacial score (nSPS) is 12.6. The van der Waals surface area contributed by atoms with E-state index in [0.29, 0.717) is 32.5 Å². The molecule has 0 saturated carbocycles. The van der Waals surface area contributed by atoms with Gasteiger partial charge in [-0.3, -0.25) is 0 Å². The monoisotopic (exact) mass is 512 g/mol. The van der Waals surface area contributed by atoms with Crippen LogP contribution < -0.4 is 15.2 Å². The lowest BCUT2D eigenvalue weighted by atomic mass is 10.1. The van der Waals surface area contributed by atoms with Gasteiger partial charge in [0.15, 0.2) is 11.6 Å². The van der Waals surface area contributed by atoms with Crippen LogP contribution in [0.5, 0.6) is 11.5 Å². The highest BCUT2D eigenvalue weighted by Gasteiger charge is 2.18. The zero-order valence-electron chi connectivity index (χ0n) is 18.1. The first-order valence-electron chi connectivity index (χ1n) is 9.80. The molecule has 11 heteroatoms. The summed E-state index contributed by atoms with van der Waals surface area (Å²) >= 11 is 7.55. The summed E-state index contributed by atoms with van der Waals surface area (Å²) < 4.78 is 25.6. The minimum atomic E-state index is -0.792. The first-order valence-corrected chi connectivity index (χ1v) is 11.0. The van der Waals surface area contributed by atoms with Gasteiger partial charge < -0.3 is 20.3 Å². The third-order valence-electron chi connectivity index (χ3n) is 4.44. The van der Waals surface area contributed by atoms with Crippen LogP contribution in [0.1, 0.15) is 26.3 Å². The molecule has 0 aliphatic carbocycles. The number of halogens is 3. The van der Waals surface area contributed by atoms with Gasteiger partial charge in [-0.2, -0.15) is 5.26 Å². The number of aliphatic hydroxyl groups excluding tert-OH is 1. The molecule has 7 nitrogen and oxygen atoms in total. The predicted octanol–water partition coefficient (Wildman–Crippen LogP) is 4.83. The SMILES string of the molecule is CC(C)Oc1ccc(-c2nnc(-c3cc(F)c(OC[C@H](N)[C@@H](C)O)cc3Cl)s2)cc1C#N.Cl. The lowest BCUT2D eigenvalue weighted by Gasteiger charge is -2.16. The van der Waals surface area contributed by atoms with E-state index in [0.717, 1.165) is 0 Å². The van der Waals surface area contributed by atoms with E-state index in [1.54, 1.807) is 18.2 Å². The van der Waals surface area contributed by atoms with Crippen molar-refractivity contribution in [2.75, 3.05) is 6.61 Å². The van der Waals surface area contributed by atoms with Crippen LogP contribution in [0.4, 0.5) is 4.39 Å². The molecule has 0 amide bonds. The second-order valence-electron chi connectivity index (χ2n) is 7.38. The molecule has 2 atom stereocenters. The Morgan fingerprint density at radius 3 is 2.52 bits per heavy atom. The summed E-state index contributed by atoms with van der Waals surface area (Å²) in [5.74, 6) is -0.216. The van der Waals surface area contributed by atoms with Gasteiger partial charge in [-0.1, -0.05) is 22.9 Å². The van der Waals surface area contributed by atoms with Crippen molar-refractivity contribution in [1.29, 1.82) is 5.26 Å². The summed E-state index contributed by atoms with van der Waals surface area (Å²) in [5, 5.41) is 28.3. The largest absolute Gasteiger partial charge is 0.490 e. The molecule has 3 rings (SSSR count). The Balaban J connectivity index is 0.00000385. The van der Waals surface area contributed by atoms with E-state index in [-0.39, 0.29) is 35.9 Å². The molecule has 0 radical (unpaired) electrons. The Bertz CT molecular complexity index is 1150.